The third-order valence-electron chi connectivity index (χ3n) is 3.27. The van der Waals surface area contributed by atoms with Gasteiger partial charge >= 0.3 is 5.97 Å². The van der Waals surface area contributed by atoms with Crippen LogP contribution in [0.5, 0.6) is 0 Å². The van der Waals surface area contributed by atoms with Crippen molar-refractivity contribution in [2.75, 3.05) is 0 Å². The molecule has 1 saturated heterocycles. The molecule has 0 saturated carbocycles. The van der Waals surface area contributed by atoms with Gasteiger partial charge in [0.05, 0.1) is 0 Å². The fourth-order valence-electron chi connectivity index (χ4n) is 2.48. The molecule has 0 spiro atoms. The van der Waals surface area contributed by atoms with Crippen molar-refractivity contribution in [2.24, 2.45) is 5.92 Å². The molecule has 1 heterocycles. The maximum absolute atomic E-state index is 11.5. The quantitative estimate of drug-likeness (QED) is 0.646. The van der Waals surface area contributed by atoms with Crippen LogP contribution in [0, 0.1) is 5.92 Å². The maximum atomic E-state index is 11.5. The molecule has 1 aliphatic carbocycles. The Kier molecular flexibility index (Phi) is 2.90. The number of rotatable bonds is 3. The molecule has 0 aromatic carbocycles. The summed E-state index contributed by atoms with van der Waals surface area (Å²) in [5, 5.41) is 0. The lowest BCUT2D eigenvalue weighted by Gasteiger charge is -2.19. The molecule has 0 N–H and O–H groups in total. The molecule has 2 rings (SSSR count). The summed E-state index contributed by atoms with van der Waals surface area (Å²) in [5.41, 5.74) is 0.970. The average Bonchev–Trinajstić information content (AvgIpc) is 2.54. The van der Waals surface area contributed by atoms with E-state index in [1.54, 1.807) is 0 Å². The summed E-state index contributed by atoms with van der Waals surface area (Å²) in [5.74, 6) is 0.374. The van der Waals surface area contributed by atoms with Crippen molar-refractivity contribution in [3.8, 4) is 0 Å². The second-order valence-corrected chi connectivity index (χ2v) is 4.28. The molecule has 2 atom stereocenters. The average molecular weight is 194 g/mol. The van der Waals surface area contributed by atoms with Crippen LogP contribution in [0.4, 0.5) is 0 Å². The zero-order valence-electron chi connectivity index (χ0n) is 8.79. The van der Waals surface area contributed by atoms with Crippen molar-refractivity contribution in [3.63, 3.8) is 0 Å². The highest BCUT2D eigenvalue weighted by Crippen LogP contribution is 2.37. The summed E-state index contributed by atoms with van der Waals surface area (Å²) in [6.45, 7) is 2.17. The Morgan fingerprint density at radius 2 is 2.43 bits per heavy atom. The minimum absolute atomic E-state index is 0.0456. The Labute approximate surface area is 85.3 Å². The van der Waals surface area contributed by atoms with Crippen LogP contribution >= 0.6 is 0 Å². The molecule has 1 aliphatic heterocycles. The molecule has 78 valence electrons. The van der Waals surface area contributed by atoms with Gasteiger partial charge in [-0.15, -0.1) is 0 Å². The van der Waals surface area contributed by atoms with Crippen LogP contribution in [0.1, 0.15) is 45.4 Å². The Hall–Kier alpha value is -0.790. The number of unbranched alkanes of at least 4 members (excludes halogenated alkanes) is 1. The zero-order chi connectivity index (χ0) is 9.97. The van der Waals surface area contributed by atoms with Crippen LogP contribution in [0.15, 0.2) is 11.6 Å². The van der Waals surface area contributed by atoms with E-state index in [1.807, 2.05) is 0 Å². The number of esters is 1. The monoisotopic (exact) mass is 194 g/mol. The Morgan fingerprint density at radius 1 is 1.57 bits per heavy atom. The van der Waals surface area contributed by atoms with Gasteiger partial charge in [-0.2, -0.15) is 0 Å². The first-order chi connectivity index (χ1) is 6.83. The summed E-state index contributed by atoms with van der Waals surface area (Å²) >= 11 is 0. The van der Waals surface area contributed by atoms with Crippen molar-refractivity contribution in [1.82, 2.24) is 0 Å². The molecule has 0 aromatic heterocycles. The zero-order valence-corrected chi connectivity index (χ0v) is 8.79. The van der Waals surface area contributed by atoms with Crippen molar-refractivity contribution in [1.29, 1.82) is 0 Å². The van der Waals surface area contributed by atoms with Crippen LogP contribution in [0.2, 0.25) is 0 Å². The third kappa shape index (κ3) is 1.70. The fourth-order valence-corrected chi connectivity index (χ4v) is 2.48. The smallest absolute Gasteiger partial charge is 0.334 e. The predicted octanol–water partition coefficient (Wildman–Crippen LogP) is 2.83. The Balaban J connectivity index is 2.04. The first-order valence-corrected chi connectivity index (χ1v) is 5.74. The van der Waals surface area contributed by atoms with Gasteiger partial charge in [-0.05, 0) is 25.7 Å². The highest BCUT2D eigenvalue weighted by atomic mass is 16.6. The van der Waals surface area contributed by atoms with E-state index in [2.05, 4.69) is 13.0 Å². The number of hydrogen-bond donors (Lipinski definition) is 0. The molecule has 2 nitrogen and oxygen atoms in total. The number of fused-ring (bicyclic) bond motifs is 1. The molecule has 0 aromatic rings. The lowest BCUT2D eigenvalue weighted by molar-refractivity contribution is -0.139. The Bertz CT molecular complexity index is 255. The number of hydrogen-bond acceptors (Lipinski definition) is 2. The SMILES string of the molecule is CCCC[C@@H]1OC(=O)C2=CCCC[C@@H]21. The number of carbonyl (C=O) groups excluding carboxylic acids is 1. The first-order valence-electron chi connectivity index (χ1n) is 5.74. The second-order valence-electron chi connectivity index (χ2n) is 4.28. The van der Waals surface area contributed by atoms with E-state index in [-0.39, 0.29) is 12.1 Å². The van der Waals surface area contributed by atoms with Crippen LogP contribution in [0.3, 0.4) is 0 Å². The van der Waals surface area contributed by atoms with Crippen LogP contribution in [0.25, 0.3) is 0 Å². The summed E-state index contributed by atoms with van der Waals surface area (Å²) in [4.78, 5) is 11.5. The van der Waals surface area contributed by atoms with Crippen molar-refractivity contribution >= 4 is 5.97 Å². The first kappa shape index (κ1) is 9.75. The molecular formula is C12H18O2. The van der Waals surface area contributed by atoms with Gasteiger partial charge < -0.3 is 4.74 Å². The van der Waals surface area contributed by atoms with Gasteiger partial charge in [0.25, 0.3) is 0 Å². The third-order valence-corrected chi connectivity index (χ3v) is 3.27. The molecule has 1 fully saturated rings. The number of carbonyl (C=O) groups is 1. The van der Waals surface area contributed by atoms with Gasteiger partial charge in [0, 0.05) is 11.5 Å². The Morgan fingerprint density at radius 3 is 3.21 bits per heavy atom. The minimum atomic E-state index is -0.0456. The van der Waals surface area contributed by atoms with Gasteiger partial charge in [-0.3, -0.25) is 0 Å². The highest BCUT2D eigenvalue weighted by Gasteiger charge is 2.39. The van der Waals surface area contributed by atoms with E-state index in [4.69, 9.17) is 4.74 Å². The highest BCUT2D eigenvalue weighted by molar-refractivity contribution is 5.91. The fraction of sp³-hybridized carbons (Fsp3) is 0.750. The van der Waals surface area contributed by atoms with Crippen molar-refractivity contribution in [3.05, 3.63) is 11.6 Å². The number of allylic oxidation sites excluding steroid dienone is 1. The van der Waals surface area contributed by atoms with Crippen LogP contribution in [-0.2, 0) is 9.53 Å². The largest absolute Gasteiger partial charge is 0.458 e. The minimum Gasteiger partial charge on any atom is -0.458 e. The topological polar surface area (TPSA) is 26.3 Å². The number of ether oxygens (including phenoxy) is 1. The van der Waals surface area contributed by atoms with E-state index >= 15 is 0 Å². The summed E-state index contributed by atoms with van der Waals surface area (Å²) in [7, 11) is 0. The van der Waals surface area contributed by atoms with Gasteiger partial charge in [0.1, 0.15) is 6.10 Å². The molecule has 14 heavy (non-hydrogen) atoms. The molecular weight excluding hydrogens is 176 g/mol. The van der Waals surface area contributed by atoms with E-state index in [9.17, 15) is 4.79 Å². The van der Waals surface area contributed by atoms with Gasteiger partial charge in [-0.1, -0.05) is 25.8 Å². The number of cyclic esters (lactones) is 1. The van der Waals surface area contributed by atoms with E-state index in [1.165, 1.54) is 19.3 Å². The van der Waals surface area contributed by atoms with E-state index in [0.29, 0.717) is 5.92 Å². The normalized spacial score (nSPS) is 30.9. The molecule has 2 heteroatoms. The lowest BCUT2D eigenvalue weighted by atomic mass is 9.84. The van der Waals surface area contributed by atoms with Gasteiger partial charge in [0.15, 0.2) is 0 Å². The van der Waals surface area contributed by atoms with E-state index < -0.39 is 0 Å². The van der Waals surface area contributed by atoms with Crippen LogP contribution in [-0.4, -0.2) is 12.1 Å². The molecule has 0 bridgehead atoms. The summed E-state index contributed by atoms with van der Waals surface area (Å²) < 4.78 is 5.40. The standard InChI is InChI=1S/C12H18O2/c1-2-3-8-11-9-6-4-5-7-10(9)12(13)14-11/h7,9,11H,2-6,8H2,1H3/t9-,11-/m0/s1. The maximum Gasteiger partial charge on any atom is 0.334 e. The molecule has 2 aliphatic rings. The van der Waals surface area contributed by atoms with Crippen LogP contribution < -0.4 is 0 Å². The lowest BCUT2D eigenvalue weighted by Crippen LogP contribution is -2.18. The molecule has 0 unspecified atom stereocenters. The predicted molar refractivity (Wildman–Crippen MR) is 54.8 cm³/mol. The molecule has 0 radical (unpaired) electrons. The van der Waals surface area contributed by atoms with Crippen molar-refractivity contribution < 1.29 is 9.53 Å². The van der Waals surface area contributed by atoms with Gasteiger partial charge in [-0.25, -0.2) is 4.79 Å². The molecule has 0 amide bonds. The van der Waals surface area contributed by atoms with Crippen molar-refractivity contribution in [2.45, 2.75) is 51.6 Å². The summed E-state index contributed by atoms with van der Waals surface area (Å²) in [6, 6.07) is 0. The second kappa shape index (κ2) is 4.16. The summed E-state index contributed by atoms with van der Waals surface area (Å²) in [6.07, 6.45) is 9.09. The van der Waals surface area contributed by atoms with Gasteiger partial charge in [0.2, 0.25) is 0 Å². The van der Waals surface area contributed by atoms with E-state index in [0.717, 1.165) is 24.8 Å².